The van der Waals surface area contributed by atoms with Gasteiger partial charge in [0.25, 0.3) is 0 Å². The van der Waals surface area contributed by atoms with Crippen molar-refractivity contribution < 1.29 is 4.79 Å². The molecule has 1 aliphatic heterocycles. The van der Waals surface area contributed by atoms with E-state index in [1.807, 2.05) is 24.4 Å². The Morgan fingerprint density at radius 1 is 1.57 bits per heavy atom. The van der Waals surface area contributed by atoms with Gasteiger partial charge in [-0.25, -0.2) is 0 Å². The maximum Gasteiger partial charge on any atom is 0.192 e. The summed E-state index contributed by atoms with van der Waals surface area (Å²) in [6, 6.07) is 3.85. The summed E-state index contributed by atoms with van der Waals surface area (Å²) >= 11 is 1.53. The van der Waals surface area contributed by atoms with Crippen LogP contribution in [-0.2, 0) is 0 Å². The zero-order valence-corrected chi connectivity index (χ0v) is 9.19. The molecule has 2 heterocycles. The highest BCUT2D eigenvalue weighted by atomic mass is 32.1. The average molecular weight is 209 g/mol. The van der Waals surface area contributed by atoms with E-state index in [9.17, 15) is 4.79 Å². The second kappa shape index (κ2) is 3.83. The molecular formula is C11H15NOS. The molecule has 1 aliphatic rings. The lowest BCUT2D eigenvalue weighted by molar-refractivity contribution is 0.0839. The van der Waals surface area contributed by atoms with Crippen molar-refractivity contribution in [2.45, 2.75) is 31.7 Å². The number of carbonyl (C=O) groups excluding carboxylic acids is 1. The average Bonchev–Trinajstić information content (AvgIpc) is 2.70. The zero-order valence-electron chi connectivity index (χ0n) is 8.38. The number of hydrogen-bond acceptors (Lipinski definition) is 3. The van der Waals surface area contributed by atoms with Crippen molar-refractivity contribution in [3.05, 3.63) is 22.4 Å². The molecular weight excluding hydrogens is 194 g/mol. The molecule has 2 rings (SSSR count). The number of nitrogens with one attached hydrogen (secondary N) is 1. The highest BCUT2D eigenvalue weighted by Gasteiger charge is 2.35. The number of carbonyl (C=O) groups is 1. The number of piperidine rings is 1. The third-order valence-corrected chi connectivity index (χ3v) is 3.73. The first-order valence-electron chi connectivity index (χ1n) is 5.06. The fraction of sp³-hybridized carbons (Fsp3) is 0.545. The Balaban J connectivity index is 2.17. The molecule has 0 saturated carbocycles. The summed E-state index contributed by atoms with van der Waals surface area (Å²) in [5.41, 5.74) is -0.316. The van der Waals surface area contributed by atoms with Gasteiger partial charge in [0.1, 0.15) is 0 Å². The van der Waals surface area contributed by atoms with Gasteiger partial charge in [-0.3, -0.25) is 4.79 Å². The summed E-state index contributed by atoms with van der Waals surface area (Å²) in [5.74, 6) is 0.257. The van der Waals surface area contributed by atoms with Crippen LogP contribution in [0.25, 0.3) is 0 Å². The molecule has 0 bridgehead atoms. The van der Waals surface area contributed by atoms with E-state index in [0.29, 0.717) is 0 Å². The number of rotatable bonds is 2. The fourth-order valence-electron chi connectivity index (χ4n) is 1.93. The Kier molecular flexibility index (Phi) is 2.70. The second-order valence-electron chi connectivity index (χ2n) is 4.02. The van der Waals surface area contributed by atoms with E-state index < -0.39 is 0 Å². The summed E-state index contributed by atoms with van der Waals surface area (Å²) in [6.45, 7) is 2.99. The van der Waals surface area contributed by atoms with E-state index in [1.165, 1.54) is 17.8 Å². The van der Waals surface area contributed by atoms with E-state index in [4.69, 9.17) is 0 Å². The molecule has 0 radical (unpaired) electrons. The molecule has 1 N–H and O–H groups in total. The maximum atomic E-state index is 12.1. The van der Waals surface area contributed by atoms with Crippen LogP contribution in [0, 0.1) is 0 Å². The fourth-order valence-corrected chi connectivity index (χ4v) is 2.72. The van der Waals surface area contributed by atoms with Gasteiger partial charge in [0.15, 0.2) is 5.78 Å². The van der Waals surface area contributed by atoms with Gasteiger partial charge in [0, 0.05) is 0 Å². The number of Topliss-reactive ketones (excluding diaryl/α,β-unsaturated/α-hetero) is 1. The predicted molar refractivity (Wildman–Crippen MR) is 58.9 cm³/mol. The summed E-state index contributed by atoms with van der Waals surface area (Å²) in [7, 11) is 0. The van der Waals surface area contributed by atoms with Crippen LogP contribution in [0.2, 0.25) is 0 Å². The van der Waals surface area contributed by atoms with Gasteiger partial charge in [-0.1, -0.05) is 6.07 Å². The van der Waals surface area contributed by atoms with Crippen LogP contribution in [0.5, 0.6) is 0 Å². The van der Waals surface area contributed by atoms with Gasteiger partial charge in [-0.2, -0.15) is 0 Å². The van der Waals surface area contributed by atoms with Crippen molar-refractivity contribution in [1.82, 2.24) is 5.32 Å². The molecule has 0 aromatic carbocycles. The van der Waals surface area contributed by atoms with E-state index in [-0.39, 0.29) is 11.3 Å². The Hall–Kier alpha value is -0.670. The molecule has 14 heavy (non-hydrogen) atoms. The van der Waals surface area contributed by atoms with Gasteiger partial charge >= 0.3 is 0 Å². The Morgan fingerprint density at radius 3 is 3.00 bits per heavy atom. The maximum absolute atomic E-state index is 12.1. The van der Waals surface area contributed by atoms with Gasteiger partial charge < -0.3 is 5.32 Å². The molecule has 1 atom stereocenters. The van der Waals surface area contributed by atoms with Gasteiger partial charge in [-0.05, 0) is 44.2 Å². The highest BCUT2D eigenvalue weighted by Crippen LogP contribution is 2.25. The Morgan fingerprint density at radius 2 is 2.43 bits per heavy atom. The summed E-state index contributed by atoms with van der Waals surface area (Å²) in [6.07, 6.45) is 3.30. The molecule has 0 spiro atoms. The van der Waals surface area contributed by atoms with Crippen LogP contribution in [0.15, 0.2) is 17.5 Å². The molecule has 0 aliphatic carbocycles. The van der Waals surface area contributed by atoms with E-state index in [2.05, 4.69) is 5.32 Å². The standard InChI is InChI=1S/C11H15NOS/c1-11(6-2-3-7-12-11)10(13)9-5-4-8-14-9/h4-5,8,12H,2-3,6-7H2,1H3. The smallest absolute Gasteiger partial charge is 0.192 e. The van der Waals surface area contributed by atoms with Crippen molar-refractivity contribution in [3.63, 3.8) is 0 Å². The lowest BCUT2D eigenvalue weighted by Gasteiger charge is -2.33. The molecule has 0 amide bonds. The summed E-state index contributed by atoms with van der Waals surface area (Å²) in [4.78, 5) is 13.0. The lowest BCUT2D eigenvalue weighted by Crippen LogP contribution is -2.51. The highest BCUT2D eigenvalue weighted by molar-refractivity contribution is 7.12. The van der Waals surface area contributed by atoms with Gasteiger partial charge in [-0.15, -0.1) is 11.3 Å². The van der Waals surface area contributed by atoms with Crippen molar-refractivity contribution >= 4 is 17.1 Å². The van der Waals surface area contributed by atoms with E-state index in [1.54, 1.807) is 0 Å². The van der Waals surface area contributed by atoms with Crippen LogP contribution in [0.1, 0.15) is 35.9 Å². The molecule has 1 unspecified atom stereocenters. The number of hydrogen-bond donors (Lipinski definition) is 1. The minimum absolute atomic E-state index is 0.257. The number of thiophene rings is 1. The normalized spacial score (nSPS) is 27.5. The third-order valence-electron chi connectivity index (χ3n) is 2.86. The second-order valence-corrected chi connectivity index (χ2v) is 4.97. The number of ketones is 1. The Bertz CT molecular complexity index is 312. The van der Waals surface area contributed by atoms with Gasteiger partial charge in [0.05, 0.1) is 10.4 Å². The minimum Gasteiger partial charge on any atom is -0.305 e. The summed E-state index contributed by atoms with van der Waals surface area (Å²) in [5, 5.41) is 5.30. The third kappa shape index (κ3) is 1.74. The monoisotopic (exact) mass is 209 g/mol. The van der Waals surface area contributed by atoms with Gasteiger partial charge in [0.2, 0.25) is 0 Å². The largest absolute Gasteiger partial charge is 0.305 e. The van der Waals surface area contributed by atoms with Crippen LogP contribution in [0.3, 0.4) is 0 Å². The molecule has 1 aromatic heterocycles. The van der Waals surface area contributed by atoms with Crippen molar-refractivity contribution in [2.24, 2.45) is 0 Å². The first-order valence-corrected chi connectivity index (χ1v) is 5.94. The van der Waals surface area contributed by atoms with E-state index in [0.717, 1.165) is 24.3 Å². The first-order chi connectivity index (χ1) is 6.72. The van der Waals surface area contributed by atoms with Crippen LogP contribution in [0.4, 0.5) is 0 Å². The van der Waals surface area contributed by atoms with Crippen molar-refractivity contribution in [3.8, 4) is 0 Å². The molecule has 1 fully saturated rings. The zero-order chi connectivity index (χ0) is 10.0. The van der Waals surface area contributed by atoms with Crippen molar-refractivity contribution in [1.29, 1.82) is 0 Å². The van der Waals surface area contributed by atoms with Crippen LogP contribution < -0.4 is 5.32 Å². The van der Waals surface area contributed by atoms with Crippen LogP contribution >= 0.6 is 11.3 Å². The molecule has 1 saturated heterocycles. The molecule has 76 valence electrons. The molecule has 2 nitrogen and oxygen atoms in total. The quantitative estimate of drug-likeness (QED) is 0.758. The van der Waals surface area contributed by atoms with E-state index >= 15 is 0 Å². The minimum atomic E-state index is -0.316. The SMILES string of the molecule is CC1(C(=O)c2cccs2)CCCCN1. The van der Waals surface area contributed by atoms with Crippen LogP contribution in [-0.4, -0.2) is 17.9 Å². The predicted octanol–water partition coefficient (Wildman–Crippen LogP) is 2.46. The molecule has 1 aromatic rings. The van der Waals surface area contributed by atoms with Crippen molar-refractivity contribution in [2.75, 3.05) is 6.54 Å². The first kappa shape index (κ1) is 9.87. The summed E-state index contributed by atoms with van der Waals surface area (Å²) < 4.78 is 0. The Labute approximate surface area is 88.3 Å². The topological polar surface area (TPSA) is 29.1 Å². The molecule has 3 heteroatoms. The lowest BCUT2D eigenvalue weighted by atomic mass is 9.86.